The second-order valence-electron chi connectivity index (χ2n) is 6.62. The lowest BCUT2D eigenvalue weighted by Crippen LogP contribution is -2.47. The zero-order valence-corrected chi connectivity index (χ0v) is 17.0. The first-order valence-electron chi connectivity index (χ1n) is 9.84. The highest BCUT2D eigenvalue weighted by molar-refractivity contribution is 5.97. The summed E-state index contributed by atoms with van der Waals surface area (Å²) >= 11 is 0. The van der Waals surface area contributed by atoms with E-state index in [-0.39, 0.29) is 24.9 Å². The zero-order valence-electron chi connectivity index (χ0n) is 17.0. The standard InChI is InChI=1S/C20H31N5O4/c1-3-6-17(26)23-13-18(27)25-16(7-5-12-22-20(21)29)19(28)24-15-10-8-14(4-2)9-11-15/h8-11,16H,3-7,12-13H2,1-2H3,(H,23,26)(H,24,28)(H,25,27)(H3,21,22,29)/t16-/m0/s1. The summed E-state index contributed by atoms with van der Waals surface area (Å²) in [5.74, 6) is -1.05. The molecule has 0 radical (unpaired) electrons. The van der Waals surface area contributed by atoms with Gasteiger partial charge in [0, 0.05) is 18.7 Å². The molecule has 1 aromatic rings. The van der Waals surface area contributed by atoms with Crippen LogP contribution in [0.4, 0.5) is 10.5 Å². The van der Waals surface area contributed by atoms with Crippen molar-refractivity contribution in [3.63, 3.8) is 0 Å². The molecule has 0 saturated carbocycles. The van der Waals surface area contributed by atoms with Crippen LogP contribution in [0.5, 0.6) is 0 Å². The lowest BCUT2D eigenvalue weighted by atomic mass is 10.1. The van der Waals surface area contributed by atoms with Crippen LogP contribution in [0.3, 0.4) is 0 Å². The molecule has 0 heterocycles. The van der Waals surface area contributed by atoms with Crippen LogP contribution in [0.25, 0.3) is 0 Å². The first kappa shape index (κ1) is 23.9. The molecule has 0 saturated heterocycles. The molecule has 0 aliphatic carbocycles. The number of aryl methyl sites for hydroxylation is 1. The Kier molecular flexibility index (Phi) is 10.8. The number of carbonyl (C=O) groups is 4. The number of primary amides is 1. The van der Waals surface area contributed by atoms with Crippen LogP contribution < -0.4 is 27.0 Å². The van der Waals surface area contributed by atoms with E-state index in [9.17, 15) is 19.2 Å². The Morgan fingerprint density at radius 3 is 2.28 bits per heavy atom. The number of hydrogen-bond donors (Lipinski definition) is 5. The van der Waals surface area contributed by atoms with Gasteiger partial charge in [-0.05, 0) is 43.4 Å². The molecule has 0 spiro atoms. The topological polar surface area (TPSA) is 142 Å². The Morgan fingerprint density at radius 2 is 1.69 bits per heavy atom. The van der Waals surface area contributed by atoms with Gasteiger partial charge in [-0.1, -0.05) is 26.0 Å². The molecule has 0 bridgehead atoms. The maximum absolute atomic E-state index is 12.6. The maximum atomic E-state index is 12.6. The number of urea groups is 1. The molecule has 160 valence electrons. The van der Waals surface area contributed by atoms with E-state index in [2.05, 4.69) is 21.3 Å². The lowest BCUT2D eigenvalue weighted by Gasteiger charge is -2.19. The van der Waals surface area contributed by atoms with Crippen molar-refractivity contribution in [1.29, 1.82) is 0 Å². The third-order valence-electron chi connectivity index (χ3n) is 4.17. The SMILES string of the molecule is CCCC(=O)NCC(=O)N[C@@H](CCCNC(N)=O)C(=O)Nc1ccc(CC)cc1. The molecule has 9 nitrogen and oxygen atoms in total. The van der Waals surface area contributed by atoms with Gasteiger partial charge in [0.15, 0.2) is 0 Å². The Morgan fingerprint density at radius 1 is 1.00 bits per heavy atom. The molecule has 6 N–H and O–H groups in total. The van der Waals surface area contributed by atoms with Crippen molar-refractivity contribution in [1.82, 2.24) is 16.0 Å². The highest BCUT2D eigenvalue weighted by Gasteiger charge is 2.21. The molecular weight excluding hydrogens is 374 g/mol. The molecule has 29 heavy (non-hydrogen) atoms. The van der Waals surface area contributed by atoms with Gasteiger partial charge in [-0.25, -0.2) is 4.79 Å². The second-order valence-corrected chi connectivity index (χ2v) is 6.62. The molecule has 0 unspecified atom stereocenters. The van der Waals surface area contributed by atoms with Crippen LogP contribution in [-0.2, 0) is 20.8 Å². The van der Waals surface area contributed by atoms with Gasteiger partial charge in [-0.3, -0.25) is 14.4 Å². The number of rotatable bonds is 12. The van der Waals surface area contributed by atoms with E-state index in [1.54, 1.807) is 12.1 Å². The Bertz CT molecular complexity index is 691. The van der Waals surface area contributed by atoms with Crippen LogP contribution in [0, 0.1) is 0 Å². The van der Waals surface area contributed by atoms with Crippen LogP contribution in [0.15, 0.2) is 24.3 Å². The van der Waals surface area contributed by atoms with Crippen LogP contribution in [0.2, 0.25) is 0 Å². The Hall–Kier alpha value is -3.10. The van der Waals surface area contributed by atoms with Gasteiger partial charge in [0.25, 0.3) is 0 Å². The smallest absolute Gasteiger partial charge is 0.312 e. The molecular formula is C20H31N5O4. The average molecular weight is 405 g/mol. The van der Waals surface area contributed by atoms with Gasteiger partial charge >= 0.3 is 6.03 Å². The van der Waals surface area contributed by atoms with Crippen molar-refractivity contribution in [2.75, 3.05) is 18.4 Å². The highest BCUT2D eigenvalue weighted by Crippen LogP contribution is 2.11. The summed E-state index contributed by atoms with van der Waals surface area (Å²) in [6, 6.07) is 5.98. The van der Waals surface area contributed by atoms with E-state index >= 15 is 0 Å². The molecule has 0 aliphatic heterocycles. The van der Waals surface area contributed by atoms with E-state index in [0.717, 1.165) is 12.0 Å². The van der Waals surface area contributed by atoms with Gasteiger partial charge in [-0.15, -0.1) is 0 Å². The predicted molar refractivity (Wildman–Crippen MR) is 111 cm³/mol. The van der Waals surface area contributed by atoms with Crippen LogP contribution >= 0.6 is 0 Å². The molecule has 9 heteroatoms. The number of carbonyl (C=O) groups excluding carboxylic acids is 4. The summed E-state index contributed by atoms with van der Waals surface area (Å²) in [4.78, 5) is 47.1. The minimum absolute atomic E-state index is 0.201. The molecule has 0 fully saturated rings. The number of amides is 5. The van der Waals surface area contributed by atoms with Gasteiger partial charge in [-0.2, -0.15) is 0 Å². The normalized spacial score (nSPS) is 11.2. The molecule has 1 rings (SSSR count). The summed E-state index contributed by atoms with van der Waals surface area (Å²) in [6.07, 6.45) is 2.65. The van der Waals surface area contributed by atoms with Gasteiger partial charge in [0.2, 0.25) is 17.7 Å². The third kappa shape index (κ3) is 10.1. The lowest BCUT2D eigenvalue weighted by molar-refractivity contribution is -0.128. The minimum atomic E-state index is -0.814. The molecule has 0 aromatic heterocycles. The molecule has 1 aromatic carbocycles. The summed E-state index contributed by atoms with van der Waals surface area (Å²) in [5, 5.41) is 10.4. The molecule has 1 atom stereocenters. The first-order valence-corrected chi connectivity index (χ1v) is 9.84. The van der Waals surface area contributed by atoms with Crippen LogP contribution in [-0.4, -0.2) is 42.9 Å². The van der Waals surface area contributed by atoms with E-state index in [1.165, 1.54) is 0 Å². The monoisotopic (exact) mass is 405 g/mol. The fourth-order valence-electron chi connectivity index (χ4n) is 2.58. The summed E-state index contributed by atoms with van der Waals surface area (Å²) in [5.41, 5.74) is 6.80. The summed E-state index contributed by atoms with van der Waals surface area (Å²) < 4.78 is 0. The quantitative estimate of drug-likeness (QED) is 0.331. The largest absolute Gasteiger partial charge is 0.352 e. The van der Waals surface area contributed by atoms with Crippen molar-refractivity contribution in [3.8, 4) is 0 Å². The summed E-state index contributed by atoms with van der Waals surface area (Å²) in [6.45, 7) is 3.99. The fraction of sp³-hybridized carbons (Fsp3) is 0.500. The average Bonchev–Trinajstić information content (AvgIpc) is 2.69. The van der Waals surface area contributed by atoms with Crippen LogP contribution in [0.1, 0.15) is 45.1 Å². The van der Waals surface area contributed by atoms with E-state index in [0.29, 0.717) is 31.4 Å². The van der Waals surface area contributed by atoms with Crippen molar-refractivity contribution >= 4 is 29.4 Å². The minimum Gasteiger partial charge on any atom is -0.352 e. The van der Waals surface area contributed by atoms with Gasteiger partial charge in [0.05, 0.1) is 6.54 Å². The molecule has 5 amide bonds. The number of hydrogen-bond acceptors (Lipinski definition) is 4. The third-order valence-corrected chi connectivity index (χ3v) is 4.17. The van der Waals surface area contributed by atoms with Crippen molar-refractivity contribution in [3.05, 3.63) is 29.8 Å². The number of anilines is 1. The first-order chi connectivity index (χ1) is 13.8. The second kappa shape index (κ2) is 13.1. The van der Waals surface area contributed by atoms with E-state index in [4.69, 9.17) is 5.73 Å². The Labute approximate surface area is 171 Å². The number of nitrogens with one attached hydrogen (secondary N) is 4. The summed E-state index contributed by atoms with van der Waals surface area (Å²) in [7, 11) is 0. The highest BCUT2D eigenvalue weighted by atomic mass is 16.2. The molecule has 0 aliphatic rings. The van der Waals surface area contributed by atoms with Gasteiger partial charge in [0.1, 0.15) is 6.04 Å². The number of benzene rings is 1. The maximum Gasteiger partial charge on any atom is 0.312 e. The van der Waals surface area contributed by atoms with Crippen molar-refractivity contribution in [2.45, 2.75) is 52.0 Å². The van der Waals surface area contributed by atoms with Crippen molar-refractivity contribution in [2.24, 2.45) is 5.73 Å². The fourth-order valence-corrected chi connectivity index (χ4v) is 2.58. The van der Waals surface area contributed by atoms with Gasteiger partial charge < -0.3 is 27.0 Å². The Balaban J connectivity index is 2.66. The van der Waals surface area contributed by atoms with E-state index < -0.39 is 18.0 Å². The van der Waals surface area contributed by atoms with Crippen molar-refractivity contribution < 1.29 is 19.2 Å². The zero-order chi connectivity index (χ0) is 21.6. The van der Waals surface area contributed by atoms with E-state index in [1.807, 2.05) is 26.0 Å². The predicted octanol–water partition coefficient (Wildman–Crippen LogP) is 1.04. The number of nitrogens with two attached hydrogens (primary N) is 1.